The van der Waals surface area contributed by atoms with E-state index in [9.17, 15) is 4.79 Å². The topological polar surface area (TPSA) is 20.3 Å². The highest BCUT2D eigenvalue weighted by Gasteiger charge is 2.11. The first-order valence-electron chi connectivity index (χ1n) is 6.79. The van der Waals surface area contributed by atoms with Gasteiger partial charge in [-0.3, -0.25) is 4.79 Å². The van der Waals surface area contributed by atoms with Crippen LogP contribution in [0.15, 0.2) is 36.5 Å². The minimum atomic E-state index is 0.144. The van der Waals surface area contributed by atoms with Crippen molar-refractivity contribution in [1.82, 2.24) is 4.90 Å². The number of hydrogen-bond donors (Lipinski definition) is 0. The van der Waals surface area contributed by atoms with E-state index in [4.69, 9.17) is 0 Å². The molecule has 1 aliphatic heterocycles. The molecule has 0 spiro atoms. The summed E-state index contributed by atoms with van der Waals surface area (Å²) >= 11 is 0. The molecular formula is C16H21NO. The van der Waals surface area contributed by atoms with Crippen molar-refractivity contribution in [2.45, 2.75) is 32.6 Å². The third-order valence-corrected chi connectivity index (χ3v) is 3.42. The summed E-state index contributed by atoms with van der Waals surface area (Å²) in [6.45, 7) is 3.80. The van der Waals surface area contributed by atoms with Crippen LogP contribution in [0.25, 0.3) is 5.57 Å². The third kappa shape index (κ3) is 3.46. The molecule has 0 N–H and O–H groups in total. The van der Waals surface area contributed by atoms with Gasteiger partial charge < -0.3 is 4.90 Å². The number of hydrogen-bond acceptors (Lipinski definition) is 2. The fourth-order valence-electron chi connectivity index (χ4n) is 2.39. The van der Waals surface area contributed by atoms with Crippen molar-refractivity contribution in [2.75, 3.05) is 13.1 Å². The molecule has 1 heterocycles. The summed E-state index contributed by atoms with van der Waals surface area (Å²) in [5, 5.41) is 0. The molecule has 96 valence electrons. The summed E-state index contributed by atoms with van der Waals surface area (Å²) in [5.74, 6) is 0.144. The molecule has 2 rings (SSSR count). The number of carbonyl (C=O) groups is 1. The zero-order valence-corrected chi connectivity index (χ0v) is 11.1. The minimum Gasteiger partial charge on any atom is -0.377 e. The van der Waals surface area contributed by atoms with Crippen molar-refractivity contribution in [3.8, 4) is 0 Å². The monoisotopic (exact) mass is 243 g/mol. The molecule has 1 saturated heterocycles. The Balaban J connectivity index is 2.21. The number of nitrogens with zero attached hydrogens (tertiary/aromatic N) is 1. The van der Waals surface area contributed by atoms with Gasteiger partial charge in [0.15, 0.2) is 5.78 Å². The fraction of sp³-hybridized carbons (Fsp3) is 0.438. The van der Waals surface area contributed by atoms with Crippen molar-refractivity contribution in [3.63, 3.8) is 0 Å². The summed E-state index contributed by atoms with van der Waals surface area (Å²) in [5.41, 5.74) is 1.85. The summed E-state index contributed by atoms with van der Waals surface area (Å²) in [6.07, 6.45) is 7.14. The normalized spacial score (nSPS) is 17.4. The largest absolute Gasteiger partial charge is 0.377 e. The second-order valence-corrected chi connectivity index (χ2v) is 4.92. The number of rotatable bonds is 3. The minimum absolute atomic E-state index is 0.144. The summed E-state index contributed by atoms with van der Waals surface area (Å²) in [6, 6.07) is 9.95. The molecule has 0 unspecified atom stereocenters. The van der Waals surface area contributed by atoms with Crippen LogP contribution in [-0.4, -0.2) is 23.8 Å². The van der Waals surface area contributed by atoms with E-state index in [2.05, 4.69) is 11.1 Å². The van der Waals surface area contributed by atoms with E-state index in [0.717, 1.165) is 24.2 Å². The first kappa shape index (κ1) is 12.9. The van der Waals surface area contributed by atoms with Crippen LogP contribution in [0.3, 0.4) is 0 Å². The van der Waals surface area contributed by atoms with Crippen molar-refractivity contribution < 1.29 is 4.79 Å². The van der Waals surface area contributed by atoms with Crippen LogP contribution in [0.1, 0.15) is 38.2 Å². The number of carbonyl (C=O) groups excluding carboxylic acids is 1. The highest BCUT2D eigenvalue weighted by molar-refractivity contribution is 6.19. The van der Waals surface area contributed by atoms with E-state index < -0.39 is 0 Å². The van der Waals surface area contributed by atoms with Gasteiger partial charge in [0.05, 0.1) is 0 Å². The van der Waals surface area contributed by atoms with Gasteiger partial charge in [-0.15, -0.1) is 0 Å². The van der Waals surface area contributed by atoms with E-state index in [0.29, 0.717) is 0 Å². The molecule has 0 radical (unpaired) electrons. The Labute approximate surface area is 109 Å². The zero-order valence-electron chi connectivity index (χ0n) is 11.1. The van der Waals surface area contributed by atoms with Gasteiger partial charge in [0.25, 0.3) is 0 Å². The zero-order chi connectivity index (χ0) is 12.8. The highest BCUT2D eigenvalue weighted by Crippen LogP contribution is 2.18. The quantitative estimate of drug-likeness (QED) is 0.757. The number of Topliss-reactive ketones (excluding diaryl/α,β-unsaturated/α-hetero) is 1. The van der Waals surface area contributed by atoms with Crippen molar-refractivity contribution in [2.24, 2.45) is 0 Å². The molecule has 2 heteroatoms. The van der Waals surface area contributed by atoms with Gasteiger partial charge in [-0.25, -0.2) is 0 Å². The first-order valence-corrected chi connectivity index (χ1v) is 6.79. The van der Waals surface area contributed by atoms with Crippen LogP contribution in [0.5, 0.6) is 0 Å². The fourth-order valence-corrected chi connectivity index (χ4v) is 2.39. The Bertz CT molecular complexity index is 414. The second-order valence-electron chi connectivity index (χ2n) is 4.92. The maximum atomic E-state index is 11.8. The summed E-state index contributed by atoms with van der Waals surface area (Å²) in [7, 11) is 0. The number of benzene rings is 1. The predicted molar refractivity (Wildman–Crippen MR) is 75.1 cm³/mol. The number of likely N-dealkylation sites (tertiary alicyclic amines) is 1. The maximum Gasteiger partial charge on any atom is 0.161 e. The van der Waals surface area contributed by atoms with Gasteiger partial charge in [0.2, 0.25) is 0 Å². The van der Waals surface area contributed by atoms with Gasteiger partial charge in [0, 0.05) is 24.9 Å². The molecule has 2 nitrogen and oxygen atoms in total. The molecule has 0 atom stereocenters. The van der Waals surface area contributed by atoms with Crippen LogP contribution in [0, 0.1) is 0 Å². The lowest BCUT2D eigenvalue weighted by molar-refractivity contribution is -0.111. The SMILES string of the molecule is CC(=O)/C(=C\N1CCCCCC1)c1ccccc1. The van der Waals surface area contributed by atoms with Crippen molar-refractivity contribution in [1.29, 1.82) is 0 Å². The molecule has 1 fully saturated rings. The van der Waals surface area contributed by atoms with E-state index in [1.54, 1.807) is 6.92 Å². The summed E-state index contributed by atoms with van der Waals surface area (Å²) < 4.78 is 0. The molecule has 0 amide bonds. The maximum absolute atomic E-state index is 11.8. The van der Waals surface area contributed by atoms with Gasteiger partial charge in [-0.05, 0) is 25.3 Å². The molecular weight excluding hydrogens is 222 g/mol. The van der Waals surface area contributed by atoms with Crippen LogP contribution < -0.4 is 0 Å². The average molecular weight is 243 g/mol. The van der Waals surface area contributed by atoms with Gasteiger partial charge in [-0.2, -0.15) is 0 Å². The lowest BCUT2D eigenvalue weighted by atomic mass is 10.0. The van der Waals surface area contributed by atoms with E-state index in [1.165, 1.54) is 25.7 Å². The molecule has 0 aromatic heterocycles. The van der Waals surface area contributed by atoms with Crippen molar-refractivity contribution in [3.05, 3.63) is 42.1 Å². The lowest BCUT2D eigenvalue weighted by Gasteiger charge is -2.19. The van der Waals surface area contributed by atoms with Crippen LogP contribution >= 0.6 is 0 Å². The van der Waals surface area contributed by atoms with Crippen LogP contribution in [0.2, 0.25) is 0 Å². The van der Waals surface area contributed by atoms with Gasteiger partial charge in [-0.1, -0.05) is 43.2 Å². The van der Waals surface area contributed by atoms with E-state index in [-0.39, 0.29) is 5.78 Å². The molecule has 18 heavy (non-hydrogen) atoms. The van der Waals surface area contributed by atoms with E-state index >= 15 is 0 Å². The molecule has 1 aliphatic rings. The molecule has 1 aromatic carbocycles. The van der Waals surface area contributed by atoms with E-state index in [1.807, 2.05) is 30.3 Å². The molecule has 0 aliphatic carbocycles. The average Bonchev–Trinajstić information content (AvgIpc) is 2.65. The highest BCUT2D eigenvalue weighted by atomic mass is 16.1. The first-order chi connectivity index (χ1) is 8.77. The van der Waals surface area contributed by atoms with Crippen LogP contribution in [-0.2, 0) is 4.79 Å². The summed E-state index contributed by atoms with van der Waals surface area (Å²) in [4.78, 5) is 14.1. The lowest BCUT2D eigenvalue weighted by Crippen LogP contribution is -2.19. The van der Waals surface area contributed by atoms with Gasteiger partial charge >= 0.3 is 0 Å². The number of allylic oxidation sites excluding steroid dienone is 1. The smallest absolute Gasteiger partial charge is 0.161 e. The molecule has 1 aromatic rings. The Kier molecular flexibility index (Phi) is 4.57. The predicted octanol–water partition coefficient (Wildman–Crippen LogP) is 3.49. The van der Waals surface area contributed by atoms with Crippen LogP contribution in [0.4, 0.5) is 0 Å². The third-order valence-electron chi connectivity index (χ3n) is 3.42. The van der Waals surface area contributed by atoms with Crippen molar-refractivity contribution >= 4 is 11.4 Å². The Morgan fingerprint density at radius 2 is 1.67 bits per heavy atom. The standard InChI is InChI=1S/C16H21NO/c1-14(18)16(15-9-5-4-6-10-15)13-17-11-7-2-3-8-12-17/h4-6,9-10,13H,2-3,7-8,11-12H2,1H3/b16-13+. The Hall–Kier alpha value is -1.57. The molecule has 0 saturated carbocycles. The number of ketones is 1. The molecule has 0 bridgehead atoms. The van der Waals surface area contributed by atoms with Gasteiger partial charge in [0.1, 0.15) is 0 Å². The Morgan fingerprint density at radius 1 is 1.06 bits per heavy atom. The Morgan fingerprint density at radius 3 is 2.22 bits per heavy atom. The second kappa shape index (κ2) is 6.39.